The topological polar surface area (TPSA) is 66.0 Å². The van der Waals surface area contributed by atoms with Crippen molar-refractivity contribution in [1.29, 1.82) is 0 Å². The number of amides is 1. The molecule has 0 aromatic heterocycles. The van der Waals surface area contributed by atoms with E-state index < -0.39 is 11.7 Å². The van der Waals surface area contributed by atoms with Gasteiger partial charge in [-0.3, -0.25) is 4.99 Å². The van der Waals surface area contributed by atoms with Gasteiger partial charge in [0.25, 0.3) is 0 Å². The van der Waals surface area contributed by atoms with E-state index in [9.17, 15) is 18.0 Å². The molecular weight excluding hydrogens is 397 g/mol. The van der Waals surface area contributed by atoms with Gasteiger partial charge in [0.2, 0.25) is 0 Å². The van der Waals surface area contributed by atoms with Crippen molar-refractivity contribution in [2.45, 2.75) is 51.2 Å². The van der Waals surface area contributed by atoms with E-state index in [1.807, 2.05) is 13.8 Å². The molecule has 9 heteroatoms. The highest BCUT2D eigenvalue weighted by molar-refractivity contribution is 5.80. The van der Waals surface area contributed by atoms with Crippen LogP contribution >= 0.6 is 0 Å². The zero-order valence-corrected chi connectivity index (χ0v) is 17.8. The van der Waals surface area contributed by atoms with Gasteiger partial charge >= 0.3 is 12.3 Å². The van der Waals surface area contributed by atoms with E-state index in [-0.39, 0.29) is 18.1 Å². The number of aliphatic imine (C=N–C) groups is 1. The predicted octanol–water partition coefficient (Wildman–Crippen LogP) is 3.98. The number of guanidine groups is 1. The molecule has 6 nitrogen and oxygen atoms in total. The molecular formula is C21H31F3N4O2. The van der Waals surface area contributed by atoms with Crippen molar-refractivity contribution in [2.24, 2.45) is 4.99 Å². The minimum Gasteiger partial charge on any atom is -0.453 e. The van der Waals surface area contributed by atoms with Crippen molar-refractivity contribution in [3.8, 4) is 0 Å². The highest BCUT2D eigenvalue weighted by Gasteiger charge is 2.30. The molecule has 0 saturated carbocycles. The van der Waals surface area contributed by atoms with Crippen LogP contribution in [-0.4, -0.2) is 56.3 Å². The van der Waals surface area contributed by atoms with Crippen LogP contribution in [0.5, 0.6) is 0 Å². The van der Waals surface area contributed by atoms with Crippen molar-refractivity contribution in [3.63, 3.8) is 0 Å². The summed E-state index contributed by atoms with van der Waals surface area (Å²) in [5, 5.41) is 6.59. The third-order valence-corrected chi connectivity index (χ3v) is 5.23. The Balaban J connectivity index is 1.88. The number of piperidine rings is 1. The van der Waals surface area contributed by atoms with Gasteiger partial charge in [-0.25, -0.2) is 4.79 Å². The first-order valence-corrected chi connectivity index (χ1v) is 10.3. The van der Waals surface area contributed by atoms with E-state index in [2.05, 4.69) is 15.6 Å². The molecule has 1 amide bonds. The fourth-order valence-electron chi connectivity index (χ4n) is 3.41. The number of rotatable bonds is 6. The van der Waals surface area contributed by atoms with Crippen LogP contribution in [0.3, 0.4) is 0 Å². The molecule has 1 unspecified atom stereocenters. The van der Waals surface area contributed by atoms with Crippen LogP contribution in [0.2, 0.25) is 0 Å². The molecule has 0 bridgehead atoms. The van der Waals surface area contributed by atoms with Crippen LogP contribution < -0.4 is 10.6 Å². The summed E-state index contributed by atoms with van der Waals surface area (Å²) in [5.41, 5.74) is 0.0387. The van der Waals surface area contributed by atoms with Crippen molar-refractivity contribution in [3.05, 3.63) is 35.4 Å². The van der Waals surface area contributed by atoms with Crippen LogP contribution in [0.1, 0.15) is 50.2 Å². The Morgan fingerprint density at radius 3 is 2.63 bits per heavy atom. The monoisotopic (exact) mass is 428 g/mol. The maximum atomic E-state index is 12.9. The lowest BCUT2D eigenvalue weighted by atomic mass is 9.96. The Labute approximate surface area is 175 Å². The van der Waals surface area contributed by atoms with Crippen molar-refractivity contribution < 1.29 is 22.7 Å². The SMILES string of the molecule is CCNC(=NCCC(C)c1cccc(C(F)(F)F)c1)NC1CCN(C(=O)OC)CC1. The summed E-state index contributed by atoms with van der Waals surface area (Å²) >= 11 is 0. The number of halogens is 3. The number of nitrogens with zero attached hydrogens (tertiary/aromatic N) is 2. The smallest absolute Gasteiger partial charge is 0.416 e. The van der Waals surface area contributed by atoms with E-state index in [0.717, 1.165) is 18.9 Å². The predicted molar refractivity (Wildman–Crippen MR) is 111 cm³/mol. The van der Waals surface area contributed by atoms with Crippen molar-refractivity contribution in [2.75, 3.05) is 33.3 Å². The van der Waals surface area contributed by atoms with Gasteiger partial charge < -0.3 is 20.3 Å². The van der Waals surface area contributed by atoms with Crippen LogP contribution in [0, 0.1) is 0 Å². The molecule has 1 aliphatic heterocycles. The summed E-state index contributed by atoms with van der Waals surface area (Å²) in [6.45, 7) is 6.33. The van der Waals surface area contributed by atoms with Gasteiger partial charge in [0.1, 0.15) is 0 Å². The normalized spacial score (nSPS) is 16.9. The molecule has 2 N–H and O–H groups in total. The Morgan fingerprint density at radius 2 is 2.03 bits per heavy atom. The van der Waals surface area contributed by atoms with E-state index in [0.29, 0.717) is 44.1 Å². The average Bonchev–Trinajstić information content (AvgIpc) is 2.73. The quantitative estimate of drug-likeness (QED) is 0.531. The van der Waals surface area contributed by atoms with Crippen molar-refractivity contribution >= 4 is 12.1 Å². The van der Waals surface area contributed by atoms with Gasteiger partial charge in [-0.2, -0.15) is 13.2 Å². The number of alkyl halides is 3. The number of likely N-dealkylation sites (tertiary alicyclic amines) is 1. The highest BCUT2D eigenvalue weighted by atomic mass is 19.4. The lowest BCUT2D eigenvalue weighted by molar-refractivity contribution is -0.137. The standard InChI is InChI=1S/C21H31F3N4O2/c1-4-25-19(27-18-9-12-28(13-10-18)20(29)30-3)26-11-8-15(2)16-6-5-7-17(14-16)21(22,23)24/h5-7,14-15,18H,4,8-13H2,1-3H3,(H2,25,26,27). The summed E-state index contributed by atoms with van der Waals surface area (Å²) in [4.78, 5) is 17.8. The summed E-state index contributed by atoms with van der Waals surface area (Å²) in [6, 6.07) is 5.68. The molecule has 1 heterocycles. The van der Waals surface area contributed by atoms with E-state index >= 15 is 0 Å². The Morgan fingerprint density at radius 1 is 1.33 bits per heavy atom. The lowest BCUT2D eigenvalue weighted by Gasteiger charge is -2.32. The van der Waals surface area contributed by atoms with Crippen LogP contribution in [0.15, 0.2) is 29.3 Å². The average molecular weight is 428 g/mol. The second kappa shape index (κ2) is 11.1. The number of methoxy groups -OCH3 is 1. The Hall–Kier alpha value is -2.45. The van der Waals surface area contributed by atoms with Gasteiger partial charge in [0, 0.05) is 32.2 Å². The number of carbonyl (C=O) groups is 1. The number of carbonyl (C=O) groups excluding carboxylic acids is 1. The second-order valence-electron chi connectivity index (χ2n) is 7.45. The highest BCUT2D eigenvalue weighted by Crippen LogP contribution is 2.31. The van der Waals surface area contributed by atoms with Gasteiger partial charge in [0.05, 0.1) is 12.7 Å². The molecule has 1 atom stereocenters. The molecule has 0 spiro atoms. The fourth-order valence-corrected chi connectivity index (χ4v) is 3.41. The molecule has 1 saturated heterocycles. The zero-order chi connectivity index (χ0) is 22.1. The van der Waals surface area contributed by atoms with Crippen LogP contribution in [0.4, 0.5) is 18.0 Å². The molecule has 2 rings (SSSR count). The Kier molecular flexibility index (Phi) is 8.80. The summed E-state index contributed by atoms with van der Waals surface area (Å²) in [5.74, 6) is 0.646. The minimum atomic E-state index is -4.33. The van der Waals surface area contributed by atoms with Gasteiger partial charge in [-0.05, 0) is 43.7 Å². The first kappa shape index (κ1) is 23.8. The molecule has 0 radical (unpaired) electrons. The summed E-state index contributed by atoms with van der Waals surface area (Å²) < 4.78 is 43.5. The molecule has 0 aliphatic carbocycles. The third kappa shape index (κ3) is 7.11. The molecule has 1 aliphatic rings. The van der Waals surface area contributed by atoms with Gasteiger partial charge in [0.15, 0.2) is 5.96 Å². The molecule has 1 fully saturated rings. The first-order chi connectivity index (χ1) is 14.2. The van der Waals surface area contributed by atoms with E-state index in [1.165, 1.54) is 19.2 Å². The maximum absolute atomic E-state index is 12.9. The number of ether oxygens (including phenoxy) is 1. The lowest BCUT2D eigenvalue weighted by Crippen LogP contribution is -2.49. The number of hydrogen-bond donors (Lipinski definition) is 2. The molecule has 1 aromatic rings. The molecule has 1 aromatic carbocycles. The van der Waals surface area contributed by atoms with Crippen molar-refractivity contribution in [1.82, 2.24) is 15.5 Å². The maximum Gasteiger partial charge on any atom is 0.416 e. The fraction of sp³-hybridized carbons (Fsp3) is 0.619. The largest absolute Gasteiger partial charge is 0.453 e. The zero-order valence-electron chi connectivity index (χ0n) is 17.8. The number of benzene rings is 1. The van der Waals surface area contributed by atoms with Gasteiger partial charge in [-0.1, -0.05) is 25.1 Å². The van der Waals surface area contributed by atoms with E-state index in [4.69, 9.17) is 4.74 Å². The minimum absolute atomic E-state index is 0.0396. The Bertz CT molecular complexity index is 716. The van der Waals surface area contributed by atoms with Crippen LogP contribution in [0.25, 0.3) is 0 Å². The first-order valence-electron chi connectivity index (χ1n) is 10.3. The summed E-state index contributed by atoms with van der Waals surface area (Å²) in [7, 11) is 1.38. The van der Waals surface area contributed by atoms with Crippen LogP contribution in [-0.2, 0) is 10.9 Å². The van der Waals surface area contributed by atoms with E-state index in [1.54, 1.807) is 11.0 Å². The molecule has 168 valence electrons. The second-order valence-corrected chi connectivity index (χ2v) is 7.45. The summed E-state index contributed by atoms with van der Waals surface area (Å²) in [6.07, 6.45) is -2.42. The third-order valence-electron chi connectivity index (χ3n) is 5.23. The van der Waals surface area contributed by atoms with Gasteiger partial charge in [-0.15, -0.1) is 0 Å². The number of hydrogen-bond acceptors (Lipinski definition) is 3. The molecule has 30 heavy (non-hydrogen) atoms. The number of nitrogens with one attached hydrogen (secondary N) is 2.